The lowest BCUT2D eigenvalue weighted by Crippen LogP contribution is -2.35. The third kappa shape index (κ3) is 3.75. The molecule has 0 radical (unpaired) electrons. The van der Waals surface area contributed by atoms with Crippen LogP contribution in [0, 0.1) is 0 Å². The predicted molar refractivity (Wildman–Crippen MR) is 82.4 cm³/mol. The number of anilines is 2. The fourth-order valence-electron chi connectivity index (χ4n) is 2.31. The van der Waals surface area contributed by atoms with Crippen LogP contribution in [-0.2, 0) is 4.79 Å². The van der Waals surface area contributed by atoms with E-state index in [1.807, 2.05) is 19.2 Å². The SMILES string of the molecule is CCNc1cc(N2CCC(NC(C)=O)C2)nc(SC)n1. The van der Waals surface area contributed by atoms with Crippen molar-refractivity contribution in [1.29, 1.82) is 0 Å². The number of amides is 1. The minimum Gasteiger partial charge on any atom is -0.370 e. The fraction of sp³-hybridized carbons (Fsp3) is 0.615. The standard InChI is InChI=1S/C13H21N5OS/c1-4-14-11-7-12(17-13(16-11)20-3)18-6-5-10(8-18)15-9(2)19/h7,10H,4-6,8H2,1-3H3,(H,15,19)(H,14,16,17). The summed E-state index contributed by atoms with van der Waals surface area (Å²) in [7, 11) is 0. The zero-order chi connectivity index (χ0) is 14.5. The molecule has 0 aromatic carbocycles. The molecule has 6 nitrogen and oxygen atoms in total. The topological polar surface area (TPSA) is 70.2 Å². The third-order valence-electron chi connectivity index (χ3n) is 3.15. The molecular weight excluding hydrogens is 274 g/mol. The maximum atomic E-state index is 11.1. The fourth-order valence-corrected chi connectivity index (χ4v) is 2.69. The summed E-state index contributed by atoms with van der Waals surface area (Å²) in [4.78, 5) is 22.3. The number of aromatic nitrogens is 2. The smallest absolute Gasteiger partial charge is 0.217 e. The van der Waals surface area contributed by atoms with E-state index in [2.05, 4.69) is 25.5 Å². The highest BCUT2D eigenvalue weighted by atomic mass is 32.2. The molecule has 2 rings (SSSR count). The van der Waals surface area contributed by atoms with Gasteiger partial charge in [-0.05, 0) is 19.6 Å². The molecule has 1 aliphatic rings. The lowest BCUT2D eigenvalue weighted by atomic mass is 10.3. The number of thioether (sulfide) groups is 1. The van der Waals surface area contributed by atoms with Crippen molar-refractivity contribution in [2.45, 2.75) is 31.5 Å². The maximum absolute atomic E-state index is 11.1. The first-order chi connectivity index (χ1) is 9.62. The Morgan fingerprint density at radius 3 is 3.00 bits per heavy atom. The zero-order valence-corrected chi connectivity index (χ0v) is 13.0. The van der Waals surface area contributed by atoms with E-state index in [0.717, 1.165) is 42.8 Å². The van der Waals surface area contributed by atoms with Crippen LogP contribution in [0.15, 0.2) is 11.2 Å². The Hall–Kier alpha value is -1.50. The Morgan fingerprint density at radius 1 is 1.55 bits per heavy atom. The van der Waals surface area contributed by atoms with Crippen LogP contribution in [-0.4, -0.2) is 47.8 Å². The van der Waals surface area contributed by atoms with Crippen LogP contribution in [0.1, 0.15) is 20.3 Å². The molecule has 7 heteroatoms. The monoisotopic (exact) mass is 295 g/mol. The molecule has 110 valence electrons. The van der Waals surface area contributed by atoms with Crippen LogP contribution in [0.4, 0.5) is 11.6 Å². The van der Waals surface area contributed by atoms with Gasteiger partial charge < -0.3 is 15.5 Å². The highest BCUT2D eigenvalue weighted by Crippen LogP contribution is 2.23. The van der Waals surface area contributed by atoms with Gasteiger partial charge in [-0.2, -0.15) is 0 Å². The number of carbonyl (C=O) groups excluding carboxylic acids is 1. The predicted octanol–water partition coefficient (Wildman–Crippen LogP) is 1.35. The second-order valence-electron chi connectivity index (χ2n) is 4.76. The van der Waals surface area contributed by atoms with E-state index in [0.29, 0.717) is 0 Å². The van der Waals surface area contributed by atoms with Crippen molar-refractivity contribution < 1.29 is 4.79 Å². The number of hydrogen-bond acceptors (Lipinski definition) is 6. The first-order valence-electron chi connectivity index (χ1n) is 6.81. The molecule has 2 N–H and O–H groups in total. The van der Waals surface area contributed by atoms with Gasteiger partial charge in [0.15, 0.2) is 5.16 Å². The maximum Gasteiger partial charge on any atom is 0.217 e. The van der Waals surface area contributed by atoms with Gasteiger partial charge in [-0.1, -0.05) is 11.8 Å². The molecule has 1 amide bonds. The van der Waals surface area contributed by atoms with Crippen LogP contribution < -0.4 is 15.5 Å². The minimum absolute atomic E-state index is 0.0256. The molecule has 0 spiro atoms. The summed E-state index contributed by atoms with van der Waals surface area (Å²) < 4.78 is 0. The summed E-state index contributed by atoms with van der Waals surface area (Å²) in [6, 6.07) is 2.18. The Balaban J connectivity index is 2.12. The van der Waals surface area contributed by atoms with Crippen LogP contribution >= 0.6 is 11.8 Å². The molecular formula is C13H21N5OS. The molecule has 0 saturated carbocycles. The van der Waals surface area contributed by atoms with Crippen molar-refractivity contribution in [2.75, 3.05) is 36.1 Å². The molecule has 20 heavy (non-hydrogen) atoms. The number of hydrogen-bond donors (Lipinski definition) is 2. The Morgan fingerprint density at radius 2 is 2.35 bits per heavy atom. The van der Waals surface area contributed by atoms with E-state index in [-0.39, 0.29) is 11.9 Å². The molecule has 1 atom stereocenters. The van der Waals surface area contributed by atoms with Gasteiger partial charge in [0.2, 0.25) is 5.91 Å². The summed E-state index contributed by atoms with van der Waals surface area (Å²) in [5.41, 5.74) is 0. The van der Waals surface area contributed by atoms with E-state index in [4.69, 9.17) is 0 Å². The summed E-state index contributed by atoms with van der Waals surface area (Å²) >= 11 is 1.53. The molecule has 1 fully saturated rings. The third-order valence-corrected chi connectivity index (χ3v) is 3.70. The lowest BCUT2D eigenvalue weighted by molar-refractivity contribution is -0.119. The Labute approximate surface area is 123 Å². The van der Waals surface area contributed by atoms with Crippen LogP contribution in [0.5, 0.6) is 0 Å². The highest BCUT2D eigenvalue weighted by Gasteiger charge is 2.24. The number of rotatable bonds is 5. The molecule has 0 aliphatic carbocycles. The summed E-state index contributed by atoms with van der Waals surface area (Å²) in [6.07, 6.45) is 2.92. The Kier molecular flexibility index (Phi) is 5.05. The van der Waals surface area contributed by atoms with Crippen molar-refractivity contribution >= 4 is 29.3 Å². The molecule has 1 aromatic heterocycles. The van der Waals surface area contributed by atoms with Crippen molar-refractivity contribution in [3.8, 4) is 0 Å². The van der Waals surface area contributed by atoms with E-state index in [9.17, 15) is 4.79 Å². The first kappa shape index (κ1) is 14.9. The molecule has 0 bridgehead atoms. The van der Waals surface area contributed by atoms with Crippen molar-refractivity contribution in [1.82, 2.24) is 15.3 Å². The quantitative estimate of drug-likeness (QED) is 0.631. The van der Waals surface area contributed by atoms with Gasteiger partial charge in [-0.15, -0.1) is 0 Å². The minimum atomic E-state index is 0.0256. The Bertz CT molecular complexity index is 482. The number of nitrogens with zero attached hydrogens (tertiary/aromatic N) is 3. The molecule has 1 saturated heterocycles. The zero-order valence-electron chi connectivity index (χ0n) is 12.1. The van der Waals surface area contributed by atoms with Gasteiger partial charge in [-0.3, -0.25) is 4.79 Å². The van der Waals surface area contributed by atoms with E-state index >= 15 is 0 Å². The lowest BCUT2D eigenvalue weighted by Gasteiger charge is -2.19. The van der Waals surface area contributed by atoms with E-state index in [1.165, 1.54) is 11.8 Å². The van der Waals surface area contributed by atoms with Gasteiger partial charge in [0.25, 0.3) is 0 Å². The molecule has 2 heterocycles. The number of nitrogens with one attached hydrogen (secondary N) is 2. The van der Waals surface area contributed by atoms with Gasteiger partial charge in [0.05, 0.1) is 0 Å². The largest absolute Gasteiger partial charge is 0.370 e. The second kappa shape index (κ2) is 6.78. The van der Waals surface area contributed by atoms with Crippen LogP contribution in [0.2, 0.25) is 0 Å². The van der Waals surface area contributed by atoms with Gasteiger partial charge in [0, 0.05) is 38.7 Å². The van der Waals surface area contributed by atoms with Crippen molar-refractivity contribution in [3.05, 3.63) is 6.07 Å². The normalized spacial score (nSPS) is 18.1. The van der Waals surface area contributed by atoms with E-state index < -0.39 is 0 Å². The van der Waals surface area contributed by atoms with Gasteiger partial charge in [-0.25, -0.2) is 9.97 Å². The molecule has 1 unspecified atom stereocenters. The van der Waals surface area contributed by atoms with Crippen LogP contribution in [0.3, 0.4) is 0 Å². The molecule has 1 aromatic rings. The van der Waals surface area contributed by atoms with Crippen molar-refractivity contribution in [3.63, 3.8) is 0 Å². The van der Waals surface area contributed by atoms with Gasteiger partial charge in [0.1, 0.15) is 11.6 Å². The second-order valence-corrected chi connectivity index (χ2v) is 5.53. The highest BCUT2D eigenvalue weighted by molar-refractivity contribution is 7.98. The number of carbonyl (C=O) groups is 1. The van der Waals surface area contributed by atoms with E-state index in [1.54, 1.807) is 6.92 Å². The average molecular weight is 295 g/mol. The van der Waals surface area contributed by atoms with Crippen LogP contribution in [0.25, 0.3) is 0 Å². The molecule has 1 aliphatic heterocycles. The summed E-state index contributed by atoms with van der Waals surface area (Å²) in [5.74, 6) is 1.80. The summed E-state index contributed by atoms with van der Waals surface area (Å²) in [6.45, 7) is 6.14. The van der Waals surface area contributed by atoms with Crippen molar-refractivity contribution in [2.24, 2.45) is 0 Å². The average Bonchev–Trinajstić information content (AvgIpc) is 2.86. The first-order valence-corrected chi connectivity index (χ1v) is 8.03. The summed E-state index contributed by atoms with van der Waals surface area (Å²) in [5, 5.41) is 6.96. The van der Waals surface area contributed by atoms with Gasteiger partial charge >= 0.3 is 0 Å².